The fourth-order valence-electron chi connectivity index (χ4n) is 2.24. The van der Waals surface area contributed by atoms with Crippen LogP contribution in [-0.4, -0.2) is 29.2 Å². The Kier molecular flexibility index (Phi) is 7.86. The molecule has 0 bridgehead atoms. The number of benzene rings is 2. The minimum atomic E-state index is -0.800. The van der Waals surface area contributed by atoms with E-state index in [9.17, 15) is 14.7 Å². The Balaban J connectivity index is 2.04. The summed E-state index contributed by atoms with van der Waals surface area (Å²) in [6.45, 7) is 3.61. The number of carbonyl (C=O) groups excluding carboxylic acids is 2. The lowest BCUT2D eigenvalue weighted by Crippen LogP contribution is -2.48. The summed E-state index contributed by atoms with van der Waals surface area (Å²) in [6, 6.07) is 8.48. The summed E-state index contributed by atoms with van der Waals surface area (Å²) in [5.74, 6) is -0.979. The van der Waals surface area contributed by atoms with Crippen molar-refractivity contribution < 1.29 is 14.7 Å². The number of aromatic hydroxyl groups is 1. The molecule has 1 unspecified atom stereocenters. The van der Waals surface area contributed by atoms with Gasteiger partial charge in [-0.1, -0.05) is 37.0 Å². The molecule has 0 aliphatic carbocycles. The van der Waals surface area contributed by atoms with Crippen LogP contribution in [0.15, 0.2) is 46.0 Å². The number of rotatable bonds is 6. The van der Waals surface area contributed by atoms with Gasteiger partial charge in [-0.25, -0.2) is 5.43 Å². The molecule has 0 aliphatic heterocycles. The molecular formula is C19H18BrCl2N3O3. The average Bonchev–Trinajstić information content (AvgIpc) is 2.64. The molecule has 0 radical (unpaired) electrons. The number of carbonyl (C=O) groups is 2. The summed E-state index contributed by atoms with van der Waals surface area (Å²) in [6.07, 6.45) is 1.43. The maximum absolute atomic E-state index is 12.4. The topological polar surface area (TPSA) is 90.8 Å². The highest BCUT2D eigenvalue weighted by Gasteiger charge is 2.24. The number of hydrazone groups is 1. The smallest absolute Gasteiger partial charge is 0.262 e. The molecule has 3 N–H and O–H groups in total. The van der Waals surface area contributed by atoms with Gasteiger partial charge in [0.2, 0.25) is 0 Å². The molecule has 9 heteroatoms. The summed E-state index contributed by atoms with van der Waals surface area (Å²) in [4.78, 5) is 24.9. The summed E-state index contributed by atoms with van der Waals surface area (Å²) < 4.78 is 0.511. The van der Waals surface area contributed by atoms with Gasteiger partial charge in [0.05, 0.1) is 20.7 Å². The standard InChI is InChI=1S/C19H18BrCl2N3O3/c1-10(2)17(24-18(27)12-4-5-14(21)15(22)8-12)19(28)25-23-9-11-3-6-16(26)13(20)7-11/h3-10,17,26H,1-2H3,(H,24,27)(H,25,28). The SMILES string of the molecule is CC(C)C(NC(=O)c1ccc(Cl)c(Cl)c1)C(=O)NN=Cc1ccc(O)c(Br)c1. The van der Waals surface area contributed by atoms with E-state index in [1.807, 2.05) is 0 Å². The summed E-state index contributed by atoms with van der Waals surface area (Å²) in [5.41, 5.74) is 3.38. The van der Waals surface area contributed by atoms with Crippen LogP contribution in [0.5, 0.6) is 5.75 Å². The highest BCUT2D eigenvalue weighted by Crippen LogP contribution is 2.24. The van der Waals surface area contributed by atoms with E-state index < -0.39 is 17.9 Å². The minimum Gasteiger partial charge on any atom is -0.507 e. The van der Waals surface area contributed by atoms with Gasteiger partial charge in [-0.2, -0.15) is 5.10 Å². The van der Waals surface area contributed by atoms with Crippen molar-refractivity contribution in [3.8, 4) is 5.75 Å². The lowest BCUT2D eigenvalue weighted by atomic mass is 10.0. The lowest BCUT2D eigenvalue weighted by molar-refractivity contribution is -0.123. The van der Waals surface area contributed by atoms with Crippen LogP contribution in [-0.2, 0) is 4.79 Å². The molecule has 0 fully saturated rings. The van der Waals surface area contributed by atoms with Gasteiger partial charge in [0.25, 0.3) is 11.8 Å². The normalized spacial score (nSPS) is 12.2. The molecule has 2 aromatic rings. The largest absolute Gasteiger partial charge is 0.507 e. The fourth-order valence-corrected chi connectivity index (χ4v) is 2.93. The molecule has 0 saturated carbocycles. The van der Waals surface area contributed by atoms with Gasteiger partial charge in [-0.3, -0.25) is 9.59 Å². The second-order valence-corrected chi connectivity index (χ2v) is 7.94. The van der Waals surface area contributed by atoms with E-state index in [2.05, 4.69) is 31.8 Å². The molecule has 0 heterocycles. The molecule has 0 saturated heterocycles. The zero-order chi connectivity index (χ0) is 20.8. The fraction of sp³-hybridized carbons (Fsp3) is 0.211. The predicted octanol–water partition coefficient (Wildman–Crippen LogP) is 4.37. The molecular weight excluding hydrogens is 469 g/mol. The van der Waals surface area contributed by atoms with Crippen molar-refractivity contribution in [3.63, 3.8) is 0 Å². The predicted molar refractivity (Wildman–Crippen MR) is 114 cm³/mol. The number of amides is 2. The molecule has 2 rings (SSSR count). The third kappa shape index (κ3) is 5.95. The number of halogens is 3. The highest BCUT2D eigenvalue weighted by molar-refractivity contribution is 9.10. The maximum Gasteiger partial charge on any atom is 0.262 e. The molecule has 0 aliphatic rings. The van der Waals surface area contributed by atoms with Crippen molar-refractivity contribution in [1.82, 2.24) is 10.7 Å². The van der Waals surface area contributed by atoms with Gasteiger partial charge in [0, 0.05) is 5.56 Å². The molecule has 28 heavy (non-hydrogen) atoms. The van der Waals surface area contributed by atoms with Crippen molar-refractivity contribution >= 4 is 57.2 Å². The van der Waals surface area contributed by atoms with Gasteiger partial charge in [-0.15, -0.1) is 0 Å². The van der Waals surface area contributed by atoms with Crippen molar-refractivity contribution in [2.45, 2.75) is 19.9 Å². The second-order valence-electron chi connectivity index (χ2n) is 6.27. The Labute approximate surface area is 181 Å². The number of phenolic OH excluding ortho intramolecular Hbond substituents is 1. The molecule has 0 aromatic heterocycles. The molecule has 6 nitrogen and oxygen atoms in total. The molecule has 2 aromatic carbocycles. The van der Waals surface area contributed by atoms with Crippen LogP contribution in [0.4, 0.5) is 0 Å². The first-order valence-corrected chi connectivity index (χ1v) is 9.81. The molecule has 1 atom stereocenters. The monoisotopic (exact) mass is 485 g/mol. The van der Waals surface area contributed by atoms with Gasteiger partial charge in [0.15, 0.2) is 0 Å². The summed E-state index contributed by atoms with van der Waals surface area (Å²) in [7, 11) is 0. The third-order valence-corrected chi connectivity index (χ3v) is 5.15. The first kappa shape index (κ1) is 22.2. The number of nitrogens with one attached hydrogen (secondary N) is 2. The Morgan fingerprint density at radius 1 is 1.14 bits per heavy atom. The van der Waals surface area contributed by atoms with Gasteiger partial charge >= 0.3 is 0 Å². The van der Waals surface area contributed by atoms with Crippen LogP contribution >= 0.6 is 39.1 Å². The molecule has 148 valence electrons. The molecule has 0 spiro atoms. The summed E-state index contributed by atoms with van der Waals surface area (Å²) >= 11 is 15.0. The van der Waals surface area contributed by atoms with Crippen LogP contribution in [0.3, 0.4) is 0 Å². The van der Waals surface area contributed by atoms with Crippen molar-refractivity contribution in [2.24, 2.45) is 11.0 Å². The third-order valence-electron chi connectivity index (χ3n) is 3.78. The van der Waals surface area contributed by atoms with E-state index in [1.54, 1.807) is 26.0 Å². The van der Waals surface area contributed by atoms with Gasteiger partial charge < -0.3 is 10.4 Å². The van der Waals surface area contributed by atoms with Crippen LogP contribution in [0.1, 0.15) is 29.8 Å². The van der Waals surface area contributed by atoms with E-state index in [4.69, 9.17) is 23.2 Å². The second kappa shape index (κ2) is 9.91. The highest BCUT2D eigenvalue weighted by atomic mass is 79.9. The zero-order valence-electron chi connectivity index (χ0n) is 15.0. The first-order valence-electron chi connectivity index (χ1n) is 8.26. The first-order chi connectivity index (χ1) is 13.2. The van der Waals surface area contributed by atoms with Crippen LogP contribution in [0.25, 0.3) is 0 Å². The maximum atomic E-state index is 12.4. The van der Waals surface area contributed by atoms with E-state index in [0.717, 1.165) is 0 Å². The number of nitrogens with zero attached hydrogens (tertiary/aromatic N) is 1. The average molecular weight is 487 g/mol. The van der Waals surface area contributed by atoms with E-state index in [1.165, 1.54) is 30.5 Å². The van der Waals surface area contributed by atoms with Gasteiger partial charge in [-0.05, 0) is 63.8 Å². The van der Waals surface area contributed by atoms with E-state index in [-0.39, 0.29) is 16.7 Å². The number of phenols is 1. The lowest BCUT2D eigenvalue weighted by Gasteiger charge is -2.20. The minimum absolute atomic E-state index is 0.103. The van der Waals surface area contributed by atoms with Crippen molar-refractivity contribution in [2.75, 3.05) is 0 Å². The van der Waals surface area contributed by atoms with E-state index >= 15 is 0 Å². The zero-order valence-corrected chi connectivity index (χ0v) is 18.1. The summed E-state index contributed by atoms with van der Waals surface area (Å²) in [5, 5.41) is 16.7. The molecule has 2 amide bonds. The Bertz CT molecular complexity index is 919. The Morgan fingerprint density at radius 3 is 2.46 bits per heavy atom. The Morgan fingerprint density at radius 2 is 1.86 bits per heavy atom. The van der Waals surface area contributed by atoms with Crippen LogP contribution in [0.2, 0.25) is 10.0 Å². The van der Waals surface area contributed by atoms with Crippen LogP contribution < -0.4 is 10.7 Å². The number of hydrogen-bond acceptors (Lipinski definition) is 4. The van der Waals surface area contributed by atoms with E-state index in [0.29, 0.717) is 20.6 Å². The Hall–Kier alpha value is -2.09. The van der Waals surface area contributed by atoms with Crippen molar-refractivity contribution in [1.29, 1.82) is 0 Å². The number of hydrogen-bond donors (Lipinski definition) is 3. The quantitative estimate of drug-likeness (QED) is 0.418. The van der Waals surface area contributed by atoms with Crippen LogP contribution in [0, 0.1) is 5.92 Å². The van der Waals surface area contributed by atoms with Crippen molar-refractivity contribution in [3.05, 3.63) is 62.0 Å². The van der Waals surface area contributed by atoms with Gasteiger partial charge in [0.1, 0.15) is 11.8 Å².